The summed E-state index contributed by atoms with van der Waals surface area (Å²) in [5.74, 6) is -0.313. The molecule has 0 aliphatic rings. The van der Waals surface area contributed by atoms with Crippen molar-refractivity contribution in [3.05, 3.63) is 34.9 Å². The molecular formula is C13H14BrNO2. The predicted octanol–water partition coefficient (Wildman–Crippen LogP) is 3.21. The average molecular weight is 296 g/mol. The molecule has 1 aromatic carbocycles. The minimum atomic E-state index is -0.313. The molecule has 17 heavy (non-hydrogen) atoms. The van der Waals surface area contributed by atoms with Crippen LogP contribution in [0.2, 0.25) is 0 Å². The number of rotatable bonds is 5. The molecule has 0 unspecified atom stereocenters. The third kappa shape index (κ3) is 3.86. The van der Waals surface area contributed by atoms with Gasteiger partial charge in [0.05, 0.1) is 18.2 Å². The van der Waals surface area contributed by atoms with E-state index in [1.165, 1.54) is 0 Å². The monoisotopic (exact) mass is 295 g/mol. The molecule has 3 nitrogen and oxygen atoms in total. The number of halogens is 1. The zero-order valence-corrected chi connectivity index (χ0v) is 11.3. The van der Waals surface area contributed by atoms with Gasteiger partial charge in [-0.05, 0) is 36.6 Å². The lowest BCUT2D eigenvalue weighted by molar-refractivity contribution is 0.0526. The van der Waals surface area contributed by atoms with Crippen LogP contribution in [0.5, 0.6) is 0 Å². The predicted molar refractivity (Wildman–Crippen MR) is 69.0 cm³/mol. The molecule has 90 valence electrons. The Balaban J connectivity index is 2.96. The molecule has 0 bridgehead atoms. The SMILES string of the molecule is CCOC(=O)c1ccc(CBr)c(CCC#N)c1. The normalized spacial score (nSPS) is 9.71. The minimum Gasteiger partial charge on any atom is -0.462 e. The Morgan fingerprint density at radius 3 is 2.82 bits per heavy atom. The highest BCUT2D eigenvalue weighted by atomic mass is 79.9. The molecular weight excluding hydrogens is 282 g/mol. The van der Waals surface area contributed by atoms with Gasteiger partial charge < -0.3 is 4.74 Å². The third-order valence-corrected chi connectivity index (χ3v) is 2.97. The van der Waals surface area contributed by atoms with Gasteiger partial charge in [0.25, 0.3) is 0 Å². The summed E-state index contributed by atoms with van der Waals surface area (Å²) in [5.41, 5.74) is 2.67. The van der Waals surface area contributed by atoms with Gasteiger partial charge in [0.2, 0.25) is 0 Å². The molecule has 0 radical (unpaired) electrons. The topological polar surface area (TPSA) is 50.1 Å². The van der Waals surface area contributed by atoms with Crippen molar-refractivity contribution < 1.29 is 9.53 Å². The summed E-state index contributed by atoms with van der Waals surface area (Å²) in [7, 11) is 0. The Morgan fingerprint density at radius 1 is 1.47 bits per heavy atom. The van der Waals surface area contributed by atoms with Gasteiger partial charge in [-0.25, -0.2) is 4.79 Å². The van der Waals surface area contributed by atoms with Crippen LogP contribution in [0.25, 0.3) is 0 Å². The largest absolute Gasteiger partial charge is 0.462 e. The van der Waals surface area contributed by atoms with E-state index in [9.17, 15) is 4.79 Å². The molecule has 0 aromatic heterocycles. The molecule has 0 aliphatic heterocycles. The number of hydrogen-bond donors (Lipinski definition) is 0. The van der Waals surface area contributed by atoms with E-state index < -0.39 is 0 Å². The first-order valence-corrected chi connectivity index (χ1v) is 6.57. The molecule has 0 spiro atoms. The summed E-state index contributed by atoms with van der Waals surface area (Å²) < 4.78 is 4.95. The summed E-state index contributed by atoms with van der Waals surface area (Å²) >= 11 is 3.39. The molecule has 4 heteroatoms. The summed E-state index contributed by atoms with van der Waals surface area (Å²) in [4.78, 5) is 11.6. The highest BCUT2D eigenvalue weighted by Gasteiger charge is 2.09. The van der Waals surface area contributed by atoms with Crippen LogP contribution < -0.4 is 0 Å². The fraction of sp³-hybridized carbons (Fsp3) is 0.385. The number of carbonyl (C=O) groups excluding carboxylic acids is 1. The van der Waals surface area contributed by atoms with Crippen LogP contribution >= 0.6 is 15.9 Å². The van der Waals surface area contributed by atoms with Crippen LogP contribution in [0.4, 0.5) is 0 Å². The molecule has 0 heterocycles. The van der Waals surface area contributed by atoms with Crippen LogP contribution in [0.3, 0.4) is 0 Å². The van der Waals surface area contributed by atoms with E-state index in [0.717, 1.165) is 16.5 Å². The molecule has 0 saturated heterocycles. The van der Waals surface area contributed by atoms with Crippen molar-refractivity contribution in [1.82, 2.24) is 0 Å². The second-order valence-corrected chi connectivity index (χ2v) is 4.06. The highest BCUT2D eigenvalue weighted by Crippen LogP contribution is 2.17. The number of nitrogens with zero attached hydrogens (tertiary/aromatic N) is 1. The fourth-order valence-electron chi connectivity index (χ4n) is 1.52. The quantitative estimate of drug-likeness (QED) is 0.619. The van der Waals surface area contributed by atoms with Gasteiger partial charge in [-0.1, -0.05) is 22.0 Å². The first-order chi connectivity index (χ1) is 8.22. The maximum absolute atomic E-state index is 11.6. The zero-order chi connectivity index (χ0) is 12.7. The number of hydrogen-bond acceptors (Lipinski definition) is 3. The Morgan fingerprint density at radius 2 is 2.24 bits per heavy atom. The number of esters is 1. The Bertz CT molecular complexity index is 438. The van der Waals surface area contributed by atoms with Crippen LogP contribution in [-0.2, 0) is 16.5 Å². The van der Waals surface area contributed by atoms with Gasteiger partial charge in [0, 0.05) is 11.8 Å². The van der Waals surface area contributed by atoms with Crippen molar-refractivity contribution in [3.8, 4) is 6.07 Å². The number of benzene rings is 1. The Kier molecular flexibility index (Phi) is 5.71. The van der Waals surface area contributed by atoms with Crippen LogP contribution in [0.1, 0.15) is 34.8 Å². The van der Waals surface area contributed by atoms with E-state index in [4.69, 9.17) is 10.00 Å². The van der Waals surface area contributed by atoms with Crippen LogP contribution in [0.15, 0.2) is 18.2 Å². The summed E-state index contributed by atoms with van der Waals surface area (Å²) in [5, 5.41) is 9.32. The molecule has 0 aliphatic carbocycles. The van der Waals surface area contributed by atoms with Gasteiger partial charge in [0.15, 0.2) is 0 Å². The maximum atomic E-state index is 11.6. The number of carbonyl (C=O) groups is 1. The molecule has 1 rings (SSSR count). The van der Waals surface area contributed by atoms with E-state index in [1.807, 2.05) is 12.1 Å². The molecule has 0 atom stereocenters. The molecule has 1 aromatic rings. The van der Waals surface area contributed by atoms with Gasteiger partial charge in [-0.2, -0.15) is 5.26 Å². The smallest absolute Gasteiger partial charge is 0.338 e. The number of aryl methyl sites for hydroxylation is 1. The van der Waals surface area contributed by atoms with Crippen molar-refractivity contribution in [3.63, 3.8) is 0 Å². The van der Waals surface area contributed by atoms with Crippen LogP contribution in [0, 0.1) is 11.3 Å². The first-order valence-electron chi connectivity index (χ1n) is 5.44. The summed E-state index contributed by atoms with van der Waals surface area (Å²) in [6.45, 7) is 2.15. The highest BCUT2D eigenvalue weighted by molar-refractivity contribution is 9.08. The van der Waals surface area contributed by atoms with E-state index in [2.05, 4.69) is 22.0 Å². The summed E-state index contributed by atoms with van der Waals surface area (Å²) in [6.07, 6.45) is 1.11. The van der Waals surface area contributed by atoms with Gasteiger partial charge in [-0.15, -0.1) is 0 Å². The number of alkyl halides is 1. The maximum Gasteiger partial charge on any atom is 0.338 e. The van der Waals surface area contributed by atoms with Crippen molar-refractivity contribution in [2.24, 2.45) is 0 Å². The molecule has 0 amide bonds. The number of nitriles is 1. The lowest BCUT2D eigenvalue weighted by Crippen LogP contribution is -2.06. The number of ether oxygens (including phenoxy) is 1. The van der Waals surface area contributed by atoms with E-state index in [1.54, 1.807) is 13.0 Å². The van der Waals surface area contributed by atoms with Crippen molar-refractivity contribution in [1.29, 1.82) is 5.26 Å². The van der Waals surface area contributed by atoms with E-state index in [-0.39, 0.29) is 5.97 Å². The van der Waals surface area contributed by atoms with Gasteiger partial charge in [-0.3, -0.25) is 0 Å². The third-order valence-electron chi connectivity index (χ3n) is 2.37. The van der Waals surface area contributed by atoms with Gasteiger partial charge in [0.1, 0.15) is 0 Å². The molecule has 0 N–H and O–H groups in total. The average Bonchev–Trinajstić information content (AvgIpc) is 2.36. The Hall–Kier alpha value is -1.34. The lowest BCUT2D eigenvalue weighted by Gasteiger charge is -2.08. The molecule has 0 saturated carbocycles. The lowest BCUT2D eigenvalue weighted by atomic mass is 10.0. The zero-order valence-electron chi connectivity index (χ0n) is 9.70. The fourth-order valence-corrected chi connectivity index (χ4v) is 2.07. The first kappa shape index (κ1) is 13.7. The second kappa shape index (κ2) is 7.08. The molecule has 0 fully saturated rings. The van der Waals surface area contributed by atoms with Crippen LogP contribution in [-0.4, -0.2) is 12.6 Å². The van der Waals surface area contributed by atoms with E-state index >= 15 is 0 Å². The Labute approximate surface area is 110 Å². The summed E-state index contributed by atoms with van der Waals surface area (Å²) in [6, 6.07) is 7.57. The standard InChI is InChI=1S/C13H14BrNO2/c1-2-17-13(16)11-5-6-12(9-14)10(8-11)4-3-7-15/h5-6,8H,2-4,9H2,1H3. The minimum absolute atomic E-state index is 0.313. The van der Waals surface area contributed by atoms with E-state index in [0.29, 0.717) is 25.0 Å². The van der Waals surface area contributed by atoms with Crippen molar-refractivity contribution >= 4 is 21.9 Å². The van der Waals surface area contributed by atoms with Gasteiger partial charge >= 0.3 is 5.97 Å². The second-order valence-electron chi connectivity index (χ2n) is 3.50. The van der Waals surface area contributed by atoms with Crippen molar-refractivity contribution in [2.45, 2.75) is 25.1 Å². The van der Waals surface area contributed by atoms with Crippen molar-refractivity contribution in [2.75, 3.05) is 6.61 Å².